The molecule has 5 nitrogen and oxygen atoms in total. The third-order valence-electron chi connectivity index (χ3n) is 4.05. The molecule has 26 heavy (non-hydrogen) atoms. The Hall–Kier alpha value is -2.24. The second-order valence-electron chi connectivity index (χ2n) is 6.20. The maximum absolute atomic E-state index is 10.4. The molecule has 0 heterocycles. The first kappa shape index (κ1) is 20.1. The van der Waals surface area contributed by atoms with Crippen LogP contribution in [-0.2, 0) is 6.54 Å². The van der Waals surface area contributed by atoms with Crippen LogP contribution < -0.4 is 14.2 Å². The number of aliphatic hydroxyl groups excluding tert-OH is 1. The lowest BCUT2D eigenvalue weighted by molar-refractivity contribution is 0.0655. The number of para-hydroxylation sites is 1. The van der Waals surface area contributed by atoms with Gasteiger partial charge in [-0.1, -0.05) is 31.2 Å². The smallest absolute Gasteiger partial charge is 0.161 e. The fourth-order valence-corrected chi connectivity index (χ4v) is 2.85. The lowest BCUT2D eigenvalue weighted by Crippen LogP contribution is -2.35. The zero-order valence-electron chi connectivity index (χ0n) is 15.9. The van der Waals surface area contributed by atoms with Crippen molar-refractivity contribution < 1.29 is 19.3 Å². The van der Waals surface area contributed by atoms with Gasteiger partial charge in [-0.3, -0.25) is 4.90 Å². The van der Waals surface area contributed by atoms with Crippen molar-refractivity contribution in [1.29, 1.82) is 0 Å². The summed E-state index contributed by atoms with van der Waals surface area (Å²) in [4.78, 5) is 2.22. The normalized spacial score (nSPS) is 12.0. The Kier molecular flexibility index (Phi) is 8.25. The van der Waals surface area contributed by atoms with Crippen LogP contribution in [0.1, 0.15) is 18.9 Å². The third kappa shape index (κ3) is 6.24. The molecule has 0 aliphatic carbocycles. The zero-order valence-corrected chi connectivity index (χ0v) is 15.9. The van der Waals surface area contributed by atoms with Gasteiger partial charge in [0.25, 0.3) is 0 Å². The van der Waals surface area contributed by atoms with Crippen LogP contribution in [0.15, 0.2) is 48.5 Å². The zero-order chi connectivity index (χ0) is 18.8. The second-order valence-corrected chi connectivity index (χ2v) is 6.20. The van der Waals surface area contributed by atoms with E-state index in [4.69, 9.17) is 14.2 Å². The van der Waals surface area contributed by atoms with Crippen molar-refractivity contribution in [3.8, 4) is 17.2 Å². The first-order valence-electron chi connectivity index (χ1n) is 8.95. The average molecular weight is 359 g/mol. The van der Waals surface area contributed by atoms with E-state index >= 15 is 0 Å². The first-order chi connectivity index (χ1) is 12.7. The van der Waals surface area contributed by atoms with E-state index in [-0.39, 0.29) is 6.61 Å². The predicted molar refractivity (Wildman–Crippen MR) is 103 cm³/mol. The molecule has 0 aromatic heterocycles. The molecular weight excluding hydrogens is 330 g/mol. The van der Waals surface area contributed by atoms with Crippen molar-refractivity contribution in [2.24, 2.45) is 0 Å². The van der Waals surface area contributed by atoms with Crippen LogP contribution in [0.5, 0.6) is 17.2 Å². The van der Waals surface area contributed by atoms with E-state index in [1.807, 2.05) is 48.5 Å². The van der Waals surface area contributed by atoms with E-state index in [0.29, 0.717) is 6.54 Å². The molecule has 0 saturated heterocycles. The van der Waals surface area contributed by atoms with Gasteiger partial charge in [0.05, 0.1) is 14.2 Å². The Bertz CT molecular complexity index is 648. The van der Waals surface area contributed by atoms with Crippen molar-refractivity contribution in [3.05, 3.63) is 54.1 Å². The molecule has 5 heteroatoms. The van der Waals surface area contributed by atoms with E-state index in [2.05, 4.69) is 11.8 Å². The van der Waals surface area contributed by atoms with Gasteiger partial charge in [0, 0.05) is 13.1 Å². The molecule has 2 aromatic carbocycles. The SMILES string of the molecule is CCCN(Cc1ccc(OC)c(OC)c1)C[C@@H](O)COc1ccccc1. The summed E-state index contributed by atoms with van der Waals surface area (Å²) in [6.07, 6.45) is 0.460. The average Bonchev–Trinajstić information content (AvgIpc) is 2.67. The second kappa shape index (κ2) is 10.7. The molecule has 0 unspecified atom stereocenters. The summed E-state index contributed by atoms with van der Waals surface area (Å²) in [5.74, 6) is 2.21. The van der Waals surface area contributed by atoms with Crippen molar-refractivity contribution in [2.45, 2.75) is 26.0 Å². The molecule has 1 atom stereocenters. The van der Waals surface area contributed by atoms with Gasteiger partial charge in [-0.05, 0) is 42.8 Å². The van der Waals surface area contributed by atoms with Crippen molar-refractivity contribution in [3.63, 3.8) is 0 Å². The minimum atomic E-state index is -0.554. The Labute approximate surface area is 156 Å². The molecule has 0 aliphatic heterocycles. The van der Waals surface area contributed by atoms with Gasteiger partial charge in [-0.2, -0.15) is 0 Å². The van der Waals surface area contributed by atoms with Gasteiger partial charge in [0.15, 0.2) is 11.5 Å². The largest absolute Gasteiger partial charge is 0.493 e. The van der Waals surface area contributed by atoms with Crippen molar-refractivity contribution in [1.82, 2.24) is 4.90 Å². The minimum absolute atomic E-state index is 0.274. The third-order valence-corrected chi connectivity index (χ3v) is 4.05. The Morgan fingerprint density at radius 2 is 1.73 bits per heavy atom. The summed E-state index contributed by atoms with van der Waals surface area (Å²) in [5.41, 5.74) is 1.12. The molecule has 0 radical (unpaired) electrons. The molecule has 1 N–H and O–H groups in total. The quantitative estimate of drug-likeness (QED) is 0.667. The van der Waals surface area contributed by atoms with Crippen LogP contribution in [0, 0.1) is 0 Å². The highest BCUT2D eigenvalue weighted by atomic mass is 16.5. The number of hydrogen-bond acceptors (Lipinski definition) is 5. The summed E-state index contributed by atoms with van der Waals surface area (Å²) in [7, 11) is 3.26. The van der Waals surface area contributed by atoms with E-state index in [0.717, 1.165) is 42.3 Å². The number of ether oxygens (including phenoxy) is 3. The van der Waals surface area contributed by atoms with E-state index in [1.54, 1.807) is 14.2 Å². The van der Waals surface area contributed by atoms with Crippen LogP contribution in [0.3, 0.4) is 0 Å². The van der Waals surface area contributed by atoms with Crippen LogP contribution >= 0.6 is 0 Å². The number of hydrogen-bond donors (Lipinski definition) is 1. The summed E-state index contributed by atoms with van der Waals surface area (Å²) >= 11 is 0. The van der Waals surface area contributed by atoms with Gasteiger partial charge < -0.3 is 19.3 Å². The lowest BCUT2D eigenvalue weighted by atomic mass is 10.1. The molecule has 2 aromatic rings. The lowest BCUT2D eigenvalue weighted by Gasteiger charge is -2.25. The van der Waals surface area contributed by atoms with Gasteiger partial charge in [-0.25, -0.2) is 0 Å². The minimum Gasteiger partial charge on any atom is -0.493 e. The fraction of sp³-hybridized carbons (Fsp3) is 0.429. The summed E-state index contributed by atoms with van der Waals surface area (Å²) in [6.45, 7) is 4.59. The number of aliphatic hydroxyl groups is 1. The van der Waals surface area contributed by atoms with Gasteiger partial charge in [-0.15, -0.1) is 0 Å². The number of rotatable bonds is 11. The fourth-order valence-electron chi connectivity index (χ4n) is 2.85. The molecule has 142 valence electrons. The number of benzene rings is 2. The van der Waals surface area contributed by atoms with Crippen LogP contribution in [0.4, 0.5) is 0 Å². The maximum atomic E-state index is 10.4. The monoisotopic (exact) mass is 359 g/mol. The van der Waals surface area contributed by atoms with Gasteiger partial charge in [0.2, 0.25) is 0 Å². The Balaban J connectivity index is 1.93. The van der Waals surface area contributed by atoms with E-state index in [9.17, 15) is 5.11 Å². The molecular formula is C21H29NO4. The van der Waals surface area contributed by atoms with Crippen molar-refractivity contribution >= 4 is 0 Å². The van der Waals surface area contributed by atoms with Crippen LogP contribution in [0.2, 0.25) is 0 Å². The highest BCUT2D eigenvalue weighted by molar-refractivity contribution is 5.42. The summed E-state index contributed by atoms with van der Waals surface area (Å²) < 4.78 is 16.3. The molecule has 0 saturated carbocycles. The topological polar surface area (TPSA) is 51.2 Å². The standard InChI is InChI=1S/C21H29NO4/c1-4-12-22(14-17-10-11-20(24-2)21(13-17)25-3)15-18(23)16-26-19-8-6-5-7-9-19/h5-11,13,18,23H,4,12,14-16H2,1-3H3/t18-/m1/s1. The van der Waals surface area contributed by atoms with E-state index in [1.165, 1.54) is 0 Å². The van der Waals surface area contributed by atoms with Crippen LogP contribution in [-0.4, -0.2) is 50.0 Å². The highest BCUT2D eigenvalue weighted by Gasteiger charge is 2.14. The molecule has 0 bridgehead atoms. The van der Waals surface area contributed by atoms with Crippen LogP contribution in [0.25, 0.3) is 0 Å². The van der Waals surface area contributed by atoms with Gasteiger partial charge >= 0.3 is 0 Å². The Morgan fingerprint density at radius 3 is 2.38 bits per heavy atom. The van der Waals surface area contributed by atoms with Crippen molar-refractivity contribution in [2.75, 3.05) is 33.9 Å². The number of nitrogens with zero attached hydrogens (tertiary/aromatic N) is 1. The predicted octanol–water partition coefficient (Wildman–Crippen LogP) is 3.36. The van der Waals surface area contributed by atoms with E-state index < -0.39 is 6.10 Å². The molecule has 0 amide bonds. The molecule has 0 fully saturated rings. The maximum Gasteiger partial charge on any atom is 0.161 e. The molecule has 0 aliphatic rings. The highest BCUT2D eigenvalue weighted by Crippen LogP contribution is 2.28. The number of methoxy groups -OCH3 is 2. The summed E-state index contributed by atoms with van der Waals surface area (Å²) in [5, 5.41) is 10.4. The molecule has 2 rings (SSSR count). The first-order valence-corrected chi connectivity index (χ1v) is 8.95. The Morgan fingerprint density at radius 1 is 1.00 bits per heavy atom. The van der Waals surface area contributed by atoms with Gasteiger partial charge in [0.1, 0.15) is 18.5 Å². The summed E-state index contributed by atoms with van der Waals surface area (Å²) in [6, 6.07) is 15.5. The molecule has 0 spiro atoms.